The average Bonchev–Trinajstić information content (AvgIpc) is 2.50. The smallest absolute Gasteiger partial charge is 0.323 e. The summed E-state index contributed by atoms with van der Waals surface area (Å²) in [7, 11) is 1.61. The molecule has 0 unspecified atom stereocenters. The molecule has 110 valence electrons. The number of methoxy groups -OCH3 is 1. The number of ether oxygens (including phenoxy) is 1. The molecule has 0 aliphatic rings. The largest absolute Gasteiger partial charge is 0.497 e. The highest BCUT2D eigenvalue weighted by Crippen LogP contribution is 2.21. The summed E-state index contributed by atoms with van der Waals surface area (Å²) in [5.74, 6) is 0.758. The zero-order valence-corrected chi connectivity index (χ0v) is 12.6. The third-order valence-electron chi connectivity index (χ3n) is 3.33. The summed E-state index contributed by atoms with van der Waals surface area (Å²) in [6, 6.07) is 13.0. The monoisotopic (exact) mass is 284 g/mol. The van der Waals surface area contributed by atoms with Gasteiger partial charge >= 0.3 is 6.03 Å². The van der Waals surface area contributed by atoms with Crippen molar-refractivity contribution in [2.24, 2.45) is 0 Å². The molecule has 4 nitrogen and oxygen atoms in total. The number of amides is 2. The van der Waals surface area contributed by atoms with Crippen molar-refractivity contribution in [3.05, 3.63) is 53.6 Å². The lowest BCUT2D eigenvalue weighted by atomic mass is 10.1. The van der Waals surface area contributed by atoms with Gasteiger partial charge in [-0.1, -0.05) is 25.1 Å². The summed E-state index contributed by atoms with van der Waals surface area (Å²) >= 11 is 0. The molecule has 2 rings (SSSR count). The predicted octanol–water partition coefficient (Wildman–Crippen LogP) is 4.21. The molecule has 0 radical (unpaired) electrons. The Labute approximate surface area is 125 Å². The number of hydrogen-bond donors (Lipinski definition) is 2. The van der Waals surface area contributed by atoms with Crippen LogP contribution in [-0.4, -0.2) is 13.1 Å². The van der Waals surface area contributed by atoms with Gasteiger partial charge in [0.05, 0.1) is 7.11 Å². The zero-order valence-electron chi connectivity index (χ0n) is 12.6. The van der Waals surface area contributed by atoms with E-state index < -0.39 is 0 Å². The standard InChI is InChI=1S/C17H20N2O2/c1-4-13-7-5-6-12(2)16(13)19-17(20)18-14-8-10-15(21-3)11-9-14/h5-11H,4H2,1-3H3,(H2,18,19,20). The molecule has 21 heavy (non-hydrogen) atoms. The van der Waals surface area contributed by atoms with E-state index in [1.165, 1.54) is 0 Å². The molecule has 0 fully saturated rings. The van der Waals surface area contributed by atoms with Gasteiger partial charge in [0.15, 0.2) is 0 Å². The number of aryl methyl sites for hydroxylation is 2. The van der Waals surface area contributed by atoms with Crippen molar-refractivity contribution >= 4 is 17.4 Å². The fourth-order valence-electron chi connectivity index (χ4n) is 2.15. The van der Waals surface area contributed by atoms with Gasteiger partial charge in [0, 0.05) is 11.4 Å². The molecule has 0 saturated heterocycles. The zero-order chi connectivity index (χ0) is 15.2. The third kappa shape index (κ3) is 3.75. The van der Waals surface area contributed by atoms with Gasteiger partial charge < -0.3 is 15.4 Å². The molecule has 0 aromatic heterocycles. The molecule has 0 aliphatic heterocycles. The Morgan fingerprint density at radius 1 is 1.10 bits per heavy atom. The highest BCUT2D eigenvalue weighted by molar-refractivity contribution is 6.00. The van der Waals surface area contributed by atoms with Crippen LogP contribution >= 0.6 is 0 Å². The molecule has 0 saturated carbocycles. The molecule has 0 atom stereocenters. The molecule has 2 N–H and O–H groups in total. The lowest BCUT2D eigenvalue weighted by Crippen LogP contribution is -2.20. The molecule has 2 amide bonds. The van der Waals surface area contributed by atoms with Crippen LogP contribution in [0.15, 0.2) is 42.5 Å². The van der Waals surface area contributed by atoms with Crippen molar-refractivity contribution in [2.45, 2.75) is 20.3 Å². The van der Waals surface area contributed by atoms with E-state index in [2.05, 4.69) is 17.6 Å². The maximum absolute atomic E-state index is 12.1. The van der Waals surface area contributed by atoms with Gasteiger partial charge in [-0.25, -0.2) is 4.79 Å². The summed E-state index contributed by atoms with van der Waals surface area (Å²) in [4.78, 5) is 12.1. The molecule has 0 spiro atoms. The molecule has 4 heteroatoms. The summed E-state index contributed by atoms with van der Waals surface area (Å²) in [6.45, 7) is 4.06. The Bertz CT molecular complexity index is 621. The fourth-order valence-corrected chi connectivity index (χ4v) is 2.15. The number of carbonyl (C=O) groups is 1. The van der Waals surface area contributed by atoms with E-state index in [0.717, 1.165) is 34.7 Å². The molecule has 2 aromatic rings. The number of carbonyl (C=O) groups excluding carboxylic acids is 1. The first-order chi connectivity index (χ1) is 10.1. The first kappa shape index (κ1) is 14.9. The minimum atomic E-state index is -0.246. The van der Waals surface area contributed by atoms with Crippen LogP contribution < -0.4 is 15.4 Å². The molecule has 0 aliphatic carbocycles. The van der Waals surface area contributed by atoms with Gasteiger partial charge in [-0.15, -0.1) is 0 Å². The van der Waals surface area contributed by atoms with Crippen LogP contribution in [0.3, 0.4) is 0 Å². The van der Waals surface area contributed by atoms with Crippen LogP contribution in [0.4, 0.5) is 16.2 Å². The predicted molar refractivity (Wildman–Crippen MR) is 86.2 cm³/mol. The number of hydrogen-bond acceptors (Lipinski definition) is 2. The molecular formula is C17H20N2O2. The number of para-hydroxylation sites is 1. The summed E-state index contributed by atoms with van der Waals surface area (Å²) in [6.07, 6.45) is 0.875. The topological polar surface area (TPSA) is 50.4 Å². The fraction of sp³-hybridized carbons (Fsp3) is 0.235. The number of urea groups is 1. The second-order valence-electron chi connectivity index (χ2n) is 4.77. The van der Waals surface area contributed by atoms with Crippen LogP contribution in [0.1, 0.15) is 18.1 Å². The van der Waals surface area contributed by atoms with Crippen LogP contribution in [0.2, 0.25) is 0 Å². The number of rotatable bonds is 4. The summed E-state index contributed by atoms with van der Waals surface area (Å²) < 4.78 is 5.09. The Kier molecular flexibility index (Phi) is 4.82. The minimum Gasteiger partial charge on any atom is -0.497 e. The quantitative estimate of drug-likeness (QED) is 0.883. The Morgan fingerprint density at radius 2 is 1.81 bits per heavy atom. The number of nitrogens with one attached hydrogen (secondary N) is 2. The van der Waals surface area contributed by atoms with Gasteiger partial charge in [0.2, 0.25) is 0 Å². The lowest BCUT2D eigenvalue weighted by Gasteiger charge is -2.13. The van der Waals surface area contributed by atoms with Crippen molar-refractivity contribution in [1.82, 2.24) is 0 Å². The van der Waals surface area contributed by atoms with Crippen molar-refractivity contribution in [3.63, 3.8) is 0 Å². The van der Waals surface area contributed by atoms with Gasteiger partial charge in [-0.3, -0.25) is 0 Å². The van der Waals surface area contributed by atoms with E-state index in [9.17, 15) is 4.79 Å². The van der Waals surface area contributed by atoms with E-state index in [0.29, 0.717) is 0 Å². The summed E-state index contributed by atoms with van der Waals surface area (Å²) in [5, 5.41) is 5.74. The van der Waals surface area contributed by atoms with Crippen molar-refractivity contribution in [3.8, 4) is 5.75 Å². The maximum atomic E-state index is 12.1. The van der Waals surface area contributed by atoms with Crippen LogP contribution in [0, 0.1) is 6.92 Å². The van der Waals surface area contributed by atoms with Gasteiger partial charge in [-0.2, -0.15) is 0 Å². The van der Waals surface area contributed by atoms with E-state index in [4.69, 9.17) is 4.74 Å². The normalized spacial score (nSPS) is 10.0. The second-order valence-corrected chi connectivity index (χ2v) is 4.77. The maximum Gasteiger partial charge on any atom is 0.323 e. The first-order valence-corrected chi connectivity index (χ1v) is 6.94. The second kappa shape index (κ2) is 6.79. The minimum absolute atomic E-state index is 0.246. The highest BCUT2D eigenvalue weighted by atomic mass is 16.5. The van der Waals surface area contributed by atoms with Crippen molar-refractivity contribution in [2.75, 3.05) is 17.7 Å². The van der Waals surface area contributed by atoms with Crippen LogP contribution in [0.25, 0.3) is 0 Å². The van der Waals surface area contributed by atoms with E-state index in [-0.39, 0.29) is 6.03 Å². The average molecular weight is 284 g/mol. The van der Waals surface area contributed by atoms with E-state index in [1.54, 1.807) is 31.4 Å². The number of anilines is 2. The van der Waals surface area contributed by atoms with E-state index in [1.807, 2.05) is 25.1 Å². The Balaban J connectivity index is 2.08. The van der Waals surface area contributed by atoms with Crippen molar-refractivity contribution < 1.29 is 9.53 Å². The SMILES string of the molecule is CCc1cccc(C)c1NC(=O)Nc1ccc(OC)cc1. The molecule has 2 aromatic carbocycles. The summed E-state index contributed by atoms with van der Waals surface area (Å²) in [5.41, 5.74) is 3.78. The molecular weight excluding hydrogens is 264 g/mol. The third-order valence-corrected chi connectivity index (χ3v) is 3.33. The molecule has 0 bridgehead atoms. The van der Waals surface area contributed by atoms with Gasteiger partial charge in [0.25, 0.3) is 0 Å². The first-order valence-electron chi connectivity index (χ1n) is 6.94. The van der Waals surface area contributed by atoms with Crippen LogP contribution in [-0.2, 0) is 6.42 Å². The number of benzene rings is 2. The van der Waals surface area contributed by atoms with Gasteiger partial charge in [0.1, 0.15) is 5.75 Å². The Morgan fingerprint density at radius 3 is 2.43 bits per heavy atom. The van der Waals surface area contributed by atoms with Gasteiger partial charge in [-0.05, 0) is 48.7 Å². The van der Waals surface area contributed by atoms with E-state index >= 15 is 0 Å². The highest BCUT2D eigenvalue weighted by Gasteiger charge is 2.08. The molecule has 0 heterocycles. The van der Waals surface area contributed by atoms with Crippen molar-refractivity contribution in [1.29, 1.82) is 0 Å². The van der Waals surface area contributed by atoms with Crippen LogP contribution in [0.5, 0.6) is 5.75 Å². The Hall–Kier alpha value is -2.49. The lowest BCUT2D eigenvalue weighted by molar-refractivity contribution is 0.262.